The third kappa shape index (κ3) is 3.70. The molecule has 2 amide bonds. The fourth-order valence-corrected chi connectivity index (χ4v) is 1.88. The van der Waals surface area contributed by atoms with Crippen molar-refractivity contribution >= 4 is 23.5 Å². The zero-order valence-electron chi connectivity index (χ0n) is 12.6. The number of rotatable bonds is 5. The normalized spacial score (nSPS) is 10.2. The molecule has 9 nitrogen and oxygen atoms in total. The number of nitrogens with zero attached hydrogens (tertiary/aromatic N) is 3. The van der Waals surface area contributed by atoms with Gasteiger partial charge in [-0.05, 0) is 31.2 Å². The molecule has 1 heterocycles. The van der Waals surface area contributed by atoms with Gasteiger partial charge < -0.3 is 15.8 Å². The molecule has 0 atom stereocenters. The molecule has 0 spiro atoms. The Morgan fingerprint density at radius 1 is 1.26 bits per heavy atom. The first kappa shape index (κ1) is 16.1. The van der Waals surface area contributed by atoms with Crippen LogP contribution in [0.2, 0.25) is 0 Å². The van der Waals surface area contributed by atoms with E-state index in [9.17, 15) is 14.4 Å². The van der Waals surface area contributed by atoms with E-state index < -0.39 is 11.9 Å². The van der Waals surface area contributed by atoms with E-state index >= 15 is 0 Å². The maximum absolute atomic E-state index is 12.0. The predicted molar refractivity (Wildman–Crippen MR) is 79.7 cm³/mol. The highest BCUT2D eigenvalue weighted by atomic mass is 16.5. The van der Waals surface area contributed by atoms with E-state index in [1.165, 1.54) is 23.9 Å². The molecular weight excluding hydrogens is 302 g/mol. The standard InChI is InChI=1S/C14H15N5O4/c1-8-12(13(15)21)17-18-19(8)7-11(20)16-10-5-3-9(4-6-10)14(22)23-2/h3-6H,7H2,1-2H3,(H2,15,21)(H,16,20). The number of primary amides is 1. The first-order valence-corrected chi connectivity index (χ1v) is 6.60. The Bertz CT molecular complexity index is 751. The van der Waals surface area contributed by atoms with E-state index in [1.54, 1.807) is 19.1 Å². The molecule has 0 saturated carbocycles. The molecule has 9 heteroatoms. The summed E-state index contributed by atoms with van der Waals surface area (Å²) in [6, 6.07) is 6.22. The van der Waals surface area contributed by atoms with E-state index in [0.717, 1.165) is 0 Å². The van der Waals surface area contributed by atoms with Gasteiger partial charge in [0.05, 0.1) is 18.4 Å². The van der Waals surface area contributed by atoms with Crippen molar-refractivity contribution in [3.63, 3.8) is 0 Å². The molecule has 2 aromatic rings. The number of carbonyl (C=O) groups is 3. The molecule has 23 heavy (non-hydrogen) atoms. The van der Waals surface area contributed by atoms with Crippen LogP contribution in [-0.2, 0) is 16.1 Å². The Labute approximate surface area is 131 Å². The van der Waals surface area contributed by atoms with Crippen LogP contribution in [0.25, 0.3) is 0 Å². The van der Waals surface area contributed by atoms with Crippen molar-refractivity contribution in [1.29, 1.82) is 0 Å². The van der Waals surface area contributed by atoms with E-state index in [-0.39, 0.29) is 18.1 Å². The summed E-state index contributed by atoms with van der Waals surface area (Å²) in [5.41, 5.74) is 6.47. The Morgan fingerprint density at radius 3 is 2.43 bits per heavy atom. The minimum Gasteiger partial charge on any atom is -0.465 e. The molecule has 0 aliphatic rings. The van der Waals surface area contributed by atoms with Gasteiger partial charge in [-0.25, -0.2) is 9.48 Å². The fourth-order valence-electron chi connectivity index (χ4n) is 1.88. The van der Waals surface area contributed by atoms with Crippen molar-refractivity contribution in [3.8, 4) is 0 Å². The van der Waals surface area contributed by atoms with Crippen LogP contribution in [0.5, 0.6) is 0 Å². The second kappa shape index (κ2) is 6.69. The summed E-state index contributed by atoms with van der Waals surface area (Å²) in [5, 5.41) is 9.98. The van der Waals surface area contributed by atoms with Crippen molar-refractivity contribution in [2.75, 3.05) is 12.4 Å². The smallest absolute Gasteiger partial charge is 0.337 e. The highest BCUT2D eigenvalue weighted by Crippen LogP contribution is 2.11. The van der Waals surface area contributed by atoms with Crippen LogP contribution in [0.3, 0.4) is 0 Å². The van der Waals surface area contributed by atoms with Crippen LogP contribution in [-0.4, -0.2) is 39.9 Å². The van der Waals surface area contributed by atoms with Gasteiger partial charge in [0.2, 0.25) is 5.91 Å². The number of methoxy groups -OCH3 is 1. The number of hydrogen-bond donors (Lipinski definition) is 2. The van der Waals surface area contributed by atoms with Gasteiger partial charge >= 0.3 is 5.97 Å². The van der Waals surface area contributed by atoms with Crippen molar-refractivity contribution in [1.82, 2.24) is 15.0 Å². The largest absolute Gasteiger partial charge is 0.465 e. The maximum atomic E-state index is 12.0. The number of nitrogens with one attached hydrogen (secondary N) is 1. The van der Waals surface area contributed by atoms with Crippen LogP contribution in [0.4, 0.5) is 5.69 Å². The van der Waals surface area contributed by atoms with Gasteiger partial charge in [-0.15, -0.1) is 5.10 Å². The SMILES string of the molecule is COC(=O)c1ccc(NC(=O)Cn2nnc(C(N)=O)c2C)cc1. The summed E-state index contributed by atoms with van der Waals surface area (Å²) in [4.78, 5) is 34.4. The Balaban J connectivity index is 2.02. The summed E-state index contributed by atoms with van der Waals surface area (Å²) in [7, 11) is 1.29. The number of esters is 1. The zero-order chi connectivity index (χ0) is 17.0. The van der Waals surface area contributed by atoms with Crippen LogP contribution in [0.15, 0.2) is 24.3 Å². The monoisotopic (exact) mass is 317 g/mol. The molecule has 1 aromatic carbocycles. The number of hydrogen-bond acceptors (Lipinski definition) is 6. The second-order valence-electron chi connectivity index (χ2n) is 4.66. The molecule has 0 bridgehead atoms. The fraction of sp³-hybridized carbons (Fsp3) is 0.214. The molecule has 3 N–H and O–H groups in total. The summed E-state index contributed by atoms with van der Waals surface area (Å²) in [6.45, 7) is 1.48. The third-order valence-electron chi connectivity index (χ3n) is 3.10. The van der Waals surface area contributed by atoms with Crippen LogP contribution in [0.1, 0.15) is 26.5 Å². The average molecular weight is 317 g/mol. The highest BCUT2D eigenvalue weighted by Gasteiger charge is 2.15. The van der Waals surface area contributed by atoms with Crippen molar-refractivity contribution < 1.29 is 19.1 Å². The van der Waals surface area contributed by atoms with Gasteiger partial charge in [0.15, 0.2) is 5.69 Å². The lowest BCUT2D eigenvalue weighted by Gasteiger charge is -2.07. The highest BCUT2D eigenvalue weighted by molar-refractivity contribution is 5.93. The summed E-state index contributed by atoms with van der Waals surface area (Å²) >= 11 is 0. The van der Waals surface area contributed by atoms with Crippen molar-refractivity contribution in [3.05, 3.63) is 41.2 Å². The summed E-state index contributed by atoms with van der Waals surface area (Å²) in [6.07, 6.45) is 0. The first-order valence-electron chi connectivity index (χ1n) is 6.60. The number of nitrogens with two attached hydrogens (primary N) is 1. The number of amides is 2. The van der Waals surface area contributed by atoms with E-state index in [0.29, 0.717) is 16.9 Å². The van der Waals surface area contributed by atoms with Gasteiger partial charge in [0.25, 0.3) is 5.91 Å². The number of carbonyl (C=O) groups excluding carboxylic acids is 3. The molecule has 120 valence electrons. The van der Waals surface area contributed by atoms with Crippen LogP contribution >= 0.6 is 0 Å². The second-order valence-corrected chi connectivity index (χ2v) is 4.66. The van der Waals surface area contributed by atoms with Crippen molar-refractivity contribution in [2.24, 2.45) is 5.73 Å². The lowest BCUT2D eigenvalue weighted by Crippen LogP contribution is -2.21. The third-order valence-corrected chi connectivity index (χ3v) is 3.10. The molecule has 0 radical (unpaired) electrons. The quantitative estimate of drug-likeness (QED) is 0.753. The van der Waals surface area contributed by atoms with Crippen LogP contribution < -0.4 is 11.1 Å². The van der Waals surface area contributed by atoms with Crippen molar-refractivity contribution in [2.45, 2.75) is 13.5 Å². The molecule has 0 saturated heterocycles. The molecule has 0 unspecified atom stereocenters. The Morgan fingerprint density at radius 2 is 1.91 bits per heavy atom. The lowest BCUT2D eigenvalue weighted by molar-refractivity contribution is -0.117. The van der Waals surface area contributed by atoms with Gasteiger partial charge in [0, 0.05) is 5.69 Å². The first-order chi connectivity index (χ1) is 10.9. The number of ether oxygens (including phenoxy) is 1. The van der Waals surface area contributed by atoms with E-state index in [1.807, 2.05) is 0 Å². The summed E-state index contributed by atoms with van der Waals surface area (Å²) < 4.78 is 5.86. The molecule has 0 aliphatic heterocycles. The topological polar surface area (TPSA) is 129 Å². The molecule has 2 rings (SSSR count). The average Bonchev–Trinajstić information content (AvgIpc) is 2.88. The van der Waals surface area contributed by atoms with Crippen LogP contribution in [0, 0.1) is 6.92 Å². The number of aromatic nitrogens is 3. The predicted octanol–water partition coefficient (Wildman–Crippen LogP) is 0.111. The number of anilines is 1. The van der Waals surface area contributed by atoms with E-state index in [4.69, 9.17) is 5.73 Å². The molecular formula is C14H15N5O4. The maximum Gasteiger partial charge on any atom is 0.337 e. The minimum atomic E-state index is -0.701. The zero-order valence-corrected chi connectivity index (χ0v) is 12.6. The van der Waals surface area contributed by atoms with Gasteiger partial charge in [-0.2, -0.15) is 0 Å². The molecule has 0 fully saturated rings. The van der Waals surface area contributed by atoms with Gasteiger partial charge in [-0.1, -0.05) is 5.21 Å². The summed E-state index contributed by atoms with van der Waals surface area (Å²) in [5.74, 6) is -1.52. The lowest BCUT2D eigenvalue weighted by atomic mass is 10.2. The molecule has 1 aromatic heterocycles. The van der Waals surface area contributed by atoms with E-state index in [2.05, 4.69) is 20.4 Å². The van der Waals surface area contributed by atoms with Gasteiger partial charge in [-0.3, -0.25) is 9.59 Å². The molecule has 0 aliphatic carbocycles. The Hall–Kier alpha value is -3.23. The minimum absolute atomic E-state index is 0.0280. The van der Waals surface area contributed by atoms with Gasteiger partial charge in [0.1, 0.15) is 6.54 Å². The Kier molecular flexibility index (Phi) is 4.69. The number of benzene rings is 1.